The Morgan fingerprint density at radius 3 is 1.52 bits per heavy atom. The topological polar surface area (TPSA) is 57.4 Å². The fourth-order valence-electron chi connectivity index (χ4n) is 5.79. The van der Waals surface area contributed by atoms with Gasteiger partial charge in [0.2, 0.25) is 0 Å². The molecule has 8 bridgehead atoms. The van der Waals surface area contributed by atoms with Crippen LogP contribution in [0.25, 0.3) is 68.6 Å². The van der Waals surface area contributed by atoms with Crippen molar-refractivity contribution in [1.82, 2.24) is 19.9 Å². The molecule has 204 valence electrons. The van der Waals surface area contributed by atoms with Crippen molar-refractivity contribution in [3.8, 4) is 22.3 Å². The highest BCUT2D eigenvalue weighted by molar-refractivity contribution is 5.95. The molecular formula is C38H32N4. The van der Waals surface area contributed by atoms with Crippen molar-refractivity contribution in [2.24, 2.45) is 0 Å². The number of fused-ring (bicyclic) bond motifs is 8. The number of rotatable bonds is 4. The van der Waals surface area contributed by atoms with Crippen LogP contribution >= 0.6 is 0 Å². The van der Waals surface area contributed by atoms with E-state index in [0.717, 1.165) is 84.6 Å². The van der Waals surface area contributed by atoms with Crippen LogP contribution < -0.4 is 0 Å². The molecule has 2 N–H and O–H groups in total. The quantitative estimate of drug-likeness (QED) is 0.217. The first-order chi connectivity index (χ1) is 20.5. The fourth-order valence-corrected chi connectivity index (χ4v) is 5.79. The molecule has 0 atom stereocenters. The summed E-state index contributed by atoms with van der Waals surface area (Å²) in [6, 6.07) is 26.0. The highest BCUT2D eigenvalue weighted by atomic mass is 14.8. The maximum atomic E-state index is 5.14. The van der Waals surface area contributed by atoms with Crippen LogP contribution in [-0.2, 0) is 6.42 Å². The number of nitrogens with one attached hydrogen (secondary N) is 2. The summed E-state index contributed by atoms with van der Waals surface area (Å²) in [5.41, 5.74) is 17.0. The molecule has 0 radical (unpaired) electrons. The molecule has 0 unspecified atom stereocenters. The standard InChI is InChI=1S/C38H32N4/c1-5-6-26-9-13-28(14-10-26)38-35-21-17-31(41-35)24(3)29-15-19-33(39-29)37(27-11-7-23(2)8-12-27)34-20-16-30(40-34)25(4)32-18-22-36(38)42-32/h5,7-22,41-42H,1,6H2,2-4H3. The van der Waals surface area contributed by atoms with E-state index in [2.05, 4.69) is 134 Å². The van der Waals surface area contributed by atoms with E-state index in [1.54, 1.807) is 0 Å². The number of hydrogen-bond acceptors (Lipinski definition) is 2. The maximum Gasteiger partial charge on any atom is 0.0737 e. The van der Waals surface area contributed by atoms with Crippen LogP contribution in [0.1, 0.15) is 45.0 Å². The number of aryl methyl sites for hydroxylation is 3. The minimum Gasteiger partial charge on any atom is -0.355 e. The average Bonchev–Trinajstić information content (AvgIpc) is 3.83. The lowest BCUT2D eigenvalue weighted by Crippen LogP contribution is -1.90. The van der Waals surface area contributed by atoms with Gasteiger partial charge in [-0.2, -0.15) is 0 Å². The highest BCUT2D eigenvalue weighted by Gasteiger charge is 2.16. The van der Waals surface area contributed by atoms with E-state index in [1.165, 1.54) is 11.1 Å². The first-order valence-electron chi connectivity index (χ1n) is 14.3. The summed E-state index contributed by atoms with van der Waals surface area (Å²) in [7, 11) is 0. The van der Waals surface area contributed by atoms with Gasteiger partial charge in [-0.25, -0.2) is 9.97 Å². The number of H-pyrrole nitrogens is 2. The molecule has 5 heterocycles. The normalized spacial score (nSPS) is 12.2. The number of hydrogen-bond donors (Lipinski definition) is 2. The van der Waals surface area contributed by atoms with E-state index in [1.807, 2.05) is 6.08 Å². The summed E-state index contributed by atoms with van der Waals surface area (Å²) in [6.45, 7) is 10.3. The van der Waals surface area contributed by atoms with Gasteiger partial charge in [-0.15, -0.1) is 6.58 Å². The Morgan fingerprint density at radius 2 is 1.00 bits per heavy atom. The lowest BCUT2D eigenvalue weighted by molar-refractivity contribution is 1.24. The van der Waals surface area contributed by atoms with Crippen molar-refractivity contribution in [3.05, 3.63) is 130 Å². The second-order valence-corrected chi connectivity index (χ2v) is 11.1. The third kappa shape index (κ3) is 4.51. The van der Waals surface area contributed by atoms with Crippen LogP contribution in [0.5, 0.6) is 0 Å². The van der Waals surface area contributed by atoms with Gasteiger partial charge in [0.25, 0.3) is 0 Å². The van der Waals surface area contributed by atoms with Gasteiger partial charge >= 0.3 is 0 Å². The zero-order valence-corrected chi connectivity index (χ0v) is 24.1. The summed E-state index contributed by atoms with van der Waals surface area (Å²) < 4.78 is 0. The molecule has 2 aliphatic heterocycles. The number of aromatic nitrogens is 4. The largest absolute Gasteiger partial charge is 0.355 e. The van der Waals surface area contributed by atoms with Gasteiger partial charge in [0.05, 0.1) is 22.8 Å². The predicted molar refractivity (Wildman–Crippen MR) is 178 cm³/mol. The minimum absolute atomic E-state index is 0.851. The second-order valence-electron chi connectivity index (χ2n) is 11.1. The van der Waals surface area contributed by atoms with Gasteiger partial charge in [0.15, 0.2) is 0 Å². The number of aromatic amines is 2. The lowest BCUT2D eigenvalue weighted by Gasteiger charge is -2.06. The van der Waals surface area contributed by atoms with Gasteiger partial charge < -0.3 is 9.97 Å². The van der Waals surface area contributed by atoms with Gasteiger partial charge in [-0.3, -0.25) is 0 Å². The molecular weight excluding hydrogens is 512 g/mol. The Kier molecular flexibility index (Phi) is 6.32. The zero-order chi connectivity index (χ0) is 28.8. The molecule has 7 rings (SSSR count). The smallest absolute Gasteiger partial charge is 0.0737 e. The van der Waals surface area contributed by atoms with Gasteiger partial charge in [-0.05, 0) is 104 Å². The molecule has 0 amide bonds. The Labute approximate surface area is 245 Å². The van der Waals surface area contributed by atoms with Crippen LogP contribution in [-0.4, -0.2) is 19.9 Å². The van der Waals surface area contributed by atoms with E-state index < -0.39 is 0 Å². The van der Waals surface area contributed by atoms with Gasteiger partial charge in [0.1, 0.15) is 0 Å². The summed E-state index contributed by atoms with van der Waals surface area (Å²) in [6.07, 6.45) is 11.2. The van der Waals surface area contributed by atoms with E-state index in [9.17, 15) is 0 Å². The second kappa shape index (κ2) is 10.3. The Balaban J connectivity index is 1.57. The lowest BCUT2D eigenvalue weighted by atomic mass is 10.0. The van der Waals surface area contributed by atoms with Crippen molar-refractivity contribution < 1.29 is 0 Å². The van der Waals surface area contributed by atoms with Crippen LogP contribution in [0.3, 0.4) is 0 Å². The molecule has 3 aromatic heterocycles. The van der Waals surface area contributed by atoms with Crippen LogP contribution in [0.2, 0.25) is 0 Å². The average molecular weight is 545 g/mol. The summed E-state index contributed by atoms with van der Waals surface area (Å²) in [5.74, 6) is 0. The molecule has 0 saturated carbocycles. The minimum atomic E-state index is 0.851. The third-order valence-corrected chi connectivity index (χ3v) is 8.24. The van der Waals surface area contributed by atoms with Crippen molar-refractivity contribution in [1.29, 1.82) is 0 Å². The fraction of sp³-hybridized carbons (Fsp3) is 0.105. The SMILES string of the molecule is C=CCc1ccc(-c2c3ccc([nH]3)c(C)c3nc(c(-c4ccc(C)cc4)c4nc(c(C)c5ccc2[nH]5)C=C4)C=C3)cc1. The van der Waals surface area contributed by atoms with Crippen molar-refractivity contribution in [2.75, 3.05) is 0 Å². The molecule has 5 aromatic rings. The van der Waals surface area contributed by atoms with Crippen LogP contribution in [0.15, 0.2) is 85.5 Å². The van der Waals surface area contributed by atoms with Crippen LogP contribution in [0.4, 0.5) is 0 Å². The third-order valence-electron chi connectivity index (χ3n) is 8.24. The summed E-state index contributed by atoms with van der Waals surface area (Å²) >= 11 is 0. The van der Waals surface area contributed by atoms with E-state index in [0.29, 0.717) is 0 Å². The Bertz CT molecular complexity index is 1980. The zero-order valence-electron chi connectivity index (χ0n) is 24.1. The van der Waals surface area contributed by atoms with E-state index >= 15 is 0 Å². The number of allylic oxidation sites excluding steroid dienone is 1. The molecule has 2 aliphatic rings. The Hall–Kier alpha value is -5.22. The van der Waals surface area contributed by atoms with E-state index in [4.69, 9.17) is 9.97 Å². The molecule has 42 heavy (non-hydrogen) atoms. The maximum absolute atomic E-state index is 5.14. The first-order valence-corrected chi connectivity index (χ1v) is 14.3. The number of nitrogens with zero attached hydrogens (tertiary/aromatic N) is 2. The molecule has 4 nitrogen and oxygen atoms in total. The molecule has 0 saturated heterocycles. The molecule has 4 heteroatoms. The summed E-state index contributed by atoms with van der Waals surface area (Å²) in [4.78, 5) is 17.7. The summed E-state index contributed by atoms with van der Waals surface area (Å²) in [5, 5.41) is 0. The monoisotopic (exact) mass is 544 g/mol. The van der Waals surface area contributed by atoms with Gasteiger partial charge in [0, 0.05) is 33.2 Å². The molecule has 0 aliphatic carbocycles. The Morgan fingerprint density at radius 1 is 0.548 bits per heavy atom. The first kappa shape index (κ1) is 25.7. The number of benzene rings is 2. The predicted octanol–water partition coefficient (Wildman–Crippen LogP) is 9.64. The van der Waals surface area contributed by atoms with Crippen molar-refractivity contribution >= 4 is 46.4 Å². The highest BCUT2D eigenvalue weighted by Crippen LogP contribution is 2.34. The van der Waals surface area contributed by atoms with Crippen LogP contribution in [0, 0.1) is 20.8 Å². The van der Waals surface area contributed by atoms with Crippen molar-refractivity contribution in [2.45, 2.75) is 27.2 Å². The molecule has 0 fully saturated rings. The van der Waals surface area contributed by atoms with Crippen molar-refractivity contribution in [3.63, 3.8) is 0 Å². The molecule has 2 aromatic carbocycles. The molecule has 0 spiro atoms. The van der Waals surface area contributed by atoms with E-state index in [-0.39, 0.29) is 0 Å². The van der Waals surface area contributed by atoms with Gasteiger partial charge in [-0.1, -0.05) is 60.2 Å².